The van der Waals surface area contributed by atoms with E-state index in [9.17, 15) is 4.79 Å². The van der Waals surface area contributed by atoms with Crippen molar-refractivity contribution in [2.45, 2.75) is 32.7 Å². The fraction of sp³-hybridized carbons (Fsp3) is 0.269. The van der Waals surface area contributed by atoms with Gasteiger partial charge in [-0.3, -0.25) is 4.79 Å². The second kappa shape index (κ2) is 10.6. The fourth-order valence-electron chi connectivity index (χ4n) is 3.75. The summed E-state index contributed by atoms with van der Waals surface area (Å²) in [7, 11) is 0. The highest BCUT2D eigenvalue weighted by Gasteiger charge is 2.12. The lowest BCUT2D eigenvalue weighted by molar-refractivity contribution is -0.136. The molecule has 0 bridgehead atoms. The summed E-state index contributed by atoms with van der Waals surface area (Å²) in [6.07, 6.45) is 7.20. The Bertz CT molecular complexity index is 1190. The summed E-state index contributed by atoms with van der Waals surface area (Å²) in [5.41, 5.74) is 3.97. The first kappa shape index (κ1) is 22.3. The van der Waals surface area contributed by atoms with Gasteiger partial charge in [0.05, 0.1) is 13.0 Å². The number of hydrogen-bond donors (Lipinski definition) is 2. The average Bonchev–Trinajstić information content (AvgIpc) is 3.23. The van der Waals surface area contributed by atoms with Crippen molar-refractivity contribution in [2.75, 3.05) is 18.1 Å². The van der Waals surface area contributed by atoms with Crippen LogP contribution in [-0.4, -0.2) is 39.2 Å². The van der Waals surface area contributed by atoms with Crippen LogP contribution in [0.3, 0.4) is 0 Å². The minimum atomic E-state index is -0.852. The van der Waals surface area contributed by atoms with Crippen LogP contribution in [0.4, 0.5) is 5.95 Å². The van der Waals surface area contributed by atoms with E-state index in [-0.39, 0.29) is 6.42 Å². The first-order valence-corrected chi connectivity index (χ1v) is 11.2. The van der Waals surface area contributed by atoms with E-state index in [0.717, 1.165) is 53.7 Å². The molecule has 2 aromatic carbocycles. The van der Waals surface area contributed by atoms with Gasteiger partial charge in [-0.05, 0) is 47.7 Å². The van der Waals surface area contributed by atoms with Crippen molar-refractivity contribution in [2.24, 2.45) is 0 Å². The number of fused-ring (bicyclic) bond motifs is 1. The topological polar surface area (TPSA) is 91.3 Å². The van der Waals surface area contributed by atoms with Crippen molar-refractivity contribution < 1.29 is 14.6 Å². The molecule has 4 rings (SSSR count). The van der Waals surface area contributed by atoms with E-state index in [1.54, 1.807) is 6.20 Å². The molecule has 0 unspecified atom stereocenters. The number of nitrogens with zero attached hydrogens (tertiary/aromatic N) is 3. The fourth-order valence-corrected chi connectivity index (χ4v) is 3.75. The van der Waals surface area contributed by atoms with Gasteiger partial charge in [-0.15, -0.1) is 0 Å². The van der Waals surface area contributed by atoms with Gasteiger partial charge in [-0.1, -0.05) is 37.3 Å². The van der Waals surface area contributed by atoms with Gasteiger partial charge in [0.25, 0.3) is 0 Å². The number of nitrogens with one attached hydrogen (secondary N) is 1. The summed E-state index contributed by atoms with van der Waals surface area (Å²) < 4.78 is 5.99. The van der Waals surface area contributed by atoms with Crippen molar-refractivity contribution in [1.29, 1.82) is 0 Å². The third kappa shape index (κ3) is 5.88. The average molecular weight is 445 g/mol. The molecule has 7 nitrogen and oxygen atoms in total. The number of aliphatic carboxylic acids is 1. The third-order valence-electron chi connectivity index (χ3n) is 5.52. The SMILES string of the molecule is CCc1cnc(N(CCCOc2ccc3[nH]cc(CC(=O)O)c3c2)Cc2ccccc2)nc1. The summed E-state index contributed by atoms with van der Waals surface area (Å²) in [6.45, 7) is 4.09. The molecule has 0 atom stereocenters. The maximum Gasteiger partial charge on any atom is 0.307 e. The van der Waals surface area contributed by atoms with Crippen molar-refractivity contribution >= 4 is 22.8 Å². The Morgan fingerprint density at radius 1 is 1.09 bits per heavy atom. The maximum absolute atomic E-state index is 11.1. The molecule has 2 heterocycles. The molecule has 0 saturated heterocycles. The molecule has 33 heavy (non-hydrogen) atoms. The van der Waals surface area contributed by atoms with E-state index in [4.69, 9.17) is 9.84 Å². The van der Waals surface area contributed by atoms with Crippen LogP contribution in [0.15, 0.2) is 67.1 Å². The van der Waals surface area contributed by atoms with Gasteiger partial charge in [0.2, 0.25) is 5.95 Å². The number of aromatic nitrogens is 3. The number of hydrogen-bond acceptors (Lipinski definition) is 5. The lowest BCUT2D eigenvalue weighted by atomic mass is 10.1. The molecule has 2 aromatic heterocycles. The monoisotopic (exact) mass is 444 g/mol. The number of aromatic amines is 1. The van der Waals surface area contributed by atoms with E-state index >= 15 is 0 Å². The van der Waals surface area contributed by atoms with Crippen molar-refractivity contribution in [3.63, 3.8) is 0 Å². The molecule has 0 radical (unpaired) electrons. The molecule has 0 amide bonds. The van der Waals surface area contributed by atoms with Gasteiger partial charge in [-0.2, -0.15) is 0 Å². The molecule has 4 aromatic rings. The number of rotatable bonds is 11. The summed E-state index contributed by atoms with van der Waals surface area (Å²) >= 11 is 0. The zero-order valence-electron chi connectivity index (χ0n) is 18.7. The number of carboxylic acids is 1. The molecule has 170 valence electrons. The second-order valence-corrected chi connectivity index (χ2v) is 7.95. The minimum absolute atomic E-state index is 0.0191. The zero-order chi connectivity index (χ0) is 23.0. The first-order valence-electron chi connectivity index (χ1n) is 11.2. The number of anilines is 1. The highest BCUT2D eigenvalue weighted by atomic mass is 16.5. The number of H-pyrrole nitrogens is 1. The Kier molecular flexibility index (Phi) is 7.19. The van der Waals surface area contributed by atoms with Crippen LogP contribution < -0.4 is 9.64 Å². The summed E-state index contributed by atoms with van der Waals surface area (Å²) in [5.74, 6) is 0.588. The van der Waals surface area contributed by atoms with Gasteiger partial charge in [-0.25, -0.2) is 9.97 Å². The van der Waals surface area contributed by atoms with E-state index < -0.39 is 5.97 Å². The van der Waals surface area contributed by atoms with Gasteiger partial charge in [0, 0.05) is 42.6 Å². The lowest BCUT2D eigenvalue weighted by Gasteiger charge is -2.23. The van der Waals surface area contributed by atoms with Crippen LogP contribution in [-0.2, 0) is 24.2 Å². The highest BCUT2D eigenvalue weighted by Crippen LogP contribution is 2.24. The molecule has 0 aliphatic carbocycles. The standard InChI is InChI=1S/C26H28N4O3/c1-2-19-15-28-26(29-16-19)30(18-20-7-4-3-5-8-20)11-6-12-33-22-9-10-24-23(14-22)21(17-27-24)13-25(31)32/h3-5,7-10,14-17,27H,2,6,11-13,18H2,1H3,(H,31,32). The van der Waals surface area contributed by atoms with Gasteiger partial charge in [0.1, 0.15) is 5.75 Å². The Balaban J connectivity index is 1.39. The van der Waals surface area contributed by atoms with Crippen LogP contribution in [0.1, 0.15) is 30.0 Å². The normalized spacial score (nSPS) is 10.9. The predicted octanol–water partition coefficient (Wildman–Crippen LogP) is 4.62. The van der Waals surface area contributed by atoms with Crippen molar-refractivity contribution in [3.05, 3.63) is 83.8 Å². The van der Waals surface area contributed by atoms with Crippen LogP contribution in [0, 0.1) is 0 Å². The Hall–Kier alpha value is -3.87. The molecular weight excluding hydrogens is 416 g/mol. The van der Waals surface area contributed by atoms with Crippen LogP contribution in [0.2, 0.25) is 0 Å². The van der Waals surface area contributed by atoms with E-state index in [1.165, 1.54) is 5.56 Å². The number of carboxylic acid groups (broad SMARTS) is 1. The minimum Gasteiger partial charge on any atom is -0.494 e. The molecule has 7 heteroatoms. The predicted molar refractivity (Wildman–Crippen MR) is 129 cm³/mol. The molecule has 0 fully saturated rings. The quantitative estimate of drug-likeness (QED) is 0.328. The first-order chi connectivity index (χ1) is 16.1. The Morgan fingerprint density at radius 3 is 2.61 bits per heavy atom. The molecule has 0 spiro atoms. The highest BCUT2D eigenvalue weighted by molar-refractivity contribution is 5.88. The zero-order valence-corrected chi connectivity index (χ0v) is 18.7. The van der Waals surface area contributed by atoms with Crippen molar-refractivity contribution in [3.8, 4) is 5.75 Å². The number of carbonyl (C=O) groups is 1. The Morgan fingerprint density at radius 2 is 1.88 bits per heavy atom. The maximum atomic E-state index is 11.1. The number of aryl methyl sites for hydroxylation is 1. The molecule has 0 saturated carbocycles. The largest absolute Gasteiger partial charge is 0.494 e. The summed E-state index contributed by atoms with van der Waals surface area (Å²) in [5, 5.41) is 9.99. The summed E-state index contributed by atoms with van der Waals surface area (Å²) in [6, 6.07) is 16.0. The smallest absolute Gasteiger partial charge is 0.307 e. The van der Waals surface area contributed by atoms with Crippen LogP contribution >= 0.6 is 0 Å². The molecule has 0 aliphatic heterocycles. The van der Waals surface area contributed by atoms with Crippen LogP contribution in [0.25, 0.3) is 10.9 Å². The van der Waals surface area contributed by atoms with Crippen molar-refractivity contribution in [1.82, 2.24) is 15.0 Å². The van der Waals surface area contributed by atoms with E-state index in [1.807, 2.05) is 48.8 Å². The molecule has 2 N–H and O–H groups in total. The number of ether oxygens (including phenoxy) is 1. The van der Waals surface area contributed by atoms with Gasteiger partial charge < -0.3 is 19.7 Å². The van der Waals surface area contributed by atoms with Gasteiger partial charge in [0.15, 0.2) is 0 Å². The molecule has 0 aliphatic rings. The Labute approximate surface area is 193 Å². The second-order valence-electron chi connectivity index (χ2n) is 7.95. The van der Waals surface area contributed by atoms with E-state index in [2.05, 4.69) is 38.9 Å². The number of benzene rings is 2. The molecular formula is C26H28N4O3. The van der Waals surface area contributed by atoms with Crippen LogP contribution in [0.5, 0.6) is 5.75 Å². The lowest BCUT2D eigenvalue weighted by Crippen LogP contribution is -2.27. The third-order valence-corrected chi connectivity index (χ3v) is 5.52. The summed E-state index contributed by atoms with van der Waals surface area (Å²) in [4.78, 5) is 25.5. The van der Waals surface area contributed by atoms with Gasteiger partial charge >= 0.3 is 5.97 Å². The van der Waals surface area contributed by atoms with E-state index in [0.29, 0.717) is 12.6 Å².